The van der Waals surface area contributed by atoms with Crippen molar-refractivity contribution in [2.24, 2.45) is 0 Å². The first-order valence-corrected chi connectivity index (χ1v) is 8.96. The number of halogens is 4. The van der Waals surface area contributed by atoms with E-state index in [1.54, 1.807) is 67.5 Å². The number of hydrogen-bond acceptors (Lipinski definition) is 3. The Morgan fingerprint density at radius 1 is 1.03 bits per heavy atom. The van der Waals surface area contributed by atoms with Crippen molar-refractivity contribution >= 4 is 29.0 Å². The van der Waals surface area contributed by atoms with E-state index in [4.69, 9.17) is 11.6 Å². The zero-order chi connectivity index (χ0) is 21.2. The Bertz CT molecular complexity index is 1050. The molecule has 8 heteroatoms. The highest BCUT2D eigenvalue weighted by atomic mass is 35.5. The molecule has 0 radical (unpaired) electrons. The molecular weight excluding hydrogens is 403 g/mol. The molecule has 1 amide bonds. The molecule has 4 nitrogen and oxygen atoms in total. The molecule has 3 rings (SSSR count). The maximum absolute atomic E-state index is 13.3. The highest BCUT2D eigenvalue weighted by molar-refractivity contribution is 6.34. The Morgan fingerprint density at radius 2 is 1.69 bits per heavy atom. The van der Waals surface area contributed by atoms with Crippen molar-refractivity contribution in [3.63, 3.8) is 0 Å². The van der Waals surface area contributed by atoms with Crippen molar-refractivity contribution in [2.75, 3.05) is 24.3 Å². The summed E-state index contributed by atoms with van der Waals surface area (Å²) < 4.78 is 39.8. The second-order valence-corrected chi connectivity index (χ2v) is 6.87. The van der Waals surface area contributed by atoms with Crippen LogP contribution in [0.4, 0.5) is 24.7 Å². The predicted octanol–water partition coefficient (Wildman–Crippen LogP) is 5.74. The highest BCUT2D eigenvalue weighted by Gasteiger charge is 2.32. The number of para-hydroxylation sites is 1. The number of carbonyl (C=O) groups is 1. The predicted molar refractivity (Wildman–Crippen MR) is 108 cm³/mol. The van der Waals surface area contributed by atoms with Gasteiger partial charge in [-0.3, -0.25) is 4.79 Å². The number of rotatable bonds is 4. The van der Waals surface area contributed by atoms with Crippen molar-refractivity contribution in [3.8, 4) is 11.1 Å². The van der Waals surface area contributed by atoms with E-state index in [0.29, 0.717) is 17.1 Å². The number of benzene rings is 2. The zero-order valence-electron chi connectivity index (χ0n) is 15.6. The molecule has 0 spiro atoms. The number of nitrogens with zero attached hydrogens (tertiary/aromatic N) is 2. The second kappa shape index (κ2) is 8.13. The number of carbonyl (C=O) groups excluding carboxylic acids is 1. The minimum absolute atomic E-state index is 0.250. The van der Waals surface area contributed by atoms with Crippen LogP contribution < -0.4 is 10.2 Å². The number of hydrogen-bond donors (Lipinski definition) is 1. The molecule has 0 saturated carbocycles. The molecular formula is C21H17ClF3N3O. The number of amides is 1. The minimum atomic E-state index is -4.54. The van der Waals surface area contributed by atoms with Crippen molar-refractivity contribution < 1.29 is 18.0 Å². The third kappa shape index (κ3) is 4.51. The van der Waals surface area contributed by atoms with Gasteiger partial charge in [-0.15, -0.1) is 0 Å². The first-order chi connectivity index (χ1) is 13.7. The maximum atomic E-state index is 13.3. The molecule has 0 unspecified atom stereocenters. The van der Waals surface area contributed by atoms with E-state index in [0.717, 1.165) is 12.3 Å². The van der Waals surface area contributed by atoms with Gasteiger partial charge in [-0.2, -0.15) is 13.2 Å². The van der Waals surface area contributed by atoms with Crippen LogP contribution in [-0.2, 0) is 6.18 Å². The van der Waals surface area contributed by atoms with Gasteiger partial charge in [0.05, 0.1) is 16.1 Å². The Hall–Kier alpha value is -3.06. The van der Waals surface area contributed by atoms with Crippen LogP contribution in [0.1, 0.15) is 15.9 Å². The van der Waals surface area contributed by atoms with Gasteiger partial charge in [0.1, 0.15) is 5.82 Å². The van der Waals surface area contributed by atoms with Gasteiger partial charge in [-0.25, -0.2) is 4.98 Å². The SMILES string of the molecule is CN(C)c1ncc(C(F)(F)F)cc1-c1ccccc1NC(=O)c1ccccc1Cl. The quantitative estimate of drug-likeness (QED) is 0.586. The molecule has 0 atom stereocenters. The van der Waals surface area contributed by atoms with Gasteiger partial charge in [-0.05, 0) is 24.3 Å². The van der Waals surface area contributed by atoms with Crippen molar-refractivity contribution in [2.45, 2.75) is 6.18 Å². The number of nitrogens with one attached hydrogen (secondary N) is 1. The van der Waals surface area contributed by atoms with Gasteiger partial charge in [0, 0.05) is 37.1 Å². The summed E-state index contributed by atoms with van der Waals surface area (Å²) >= 11 is 6.08. The van der Waals surface area contributed by atoms with Gasteiger partial charge in [0.25, 0.3) is 5.91 Å². The summed E-state index contributed by atoms with van der Waals surface area (Å²) in [7, 11) is 3.37. The smallest absolute Gasteiger partial charge is 0.362 e. The van der Waals surface area contributed by atoms with Crippen LogP contribution in [0.3, 0.4) is 0 Å². The monoisotopic (exact) mass is 419 g/mol. The summed E-state index contributed by atoms with van der Waals surface area (Å²) in [5, 5.41) is 3.01. The summed E-state index contributed by atoms with van der Waals surface area (Å²) in [6.07, 6.45) is -3.74. The third-order valence-corrected chi connectivity index (χ3v) is 4.53. The molecule has 3 aromatic rings. The fourth-order valence-electron chi connectivity index (χ4n) is 2.83. The molecule has 2 aromatic carbocycles. The normalized spacial score (nSPS) is 11.2. The number of anilines is 2. The number of aromatic nitrogens is 1. The topological polar surface area (TPSA) is 45.2 Å². The van der Waals surface area contributed by atoms with Crippen LogP contribution in [0.15, 0.2) is 60.8 Å². The summed E-state index contributed by atoms with van der Waals surface area (Å²) in [6, 6.07) is 14.2. The fraction of sp³-hybridized carbons (Fsp3) is 0.143. The maximum Gasteiger partial charge on any atom is 0.417 e. The van der Waals surface area contributed by atoms with Crippen LogP contribution in [0.5, 0.6) is 0 Å². The fourth-order valence-corrected chi connectivity index (χ4v) is 3.05. The molecule has 0 aliphatic rings. The first kappa shape index (κ1) is 20.7. The Labute approximate surface area is 170 Å². The average Bonchev–Trinajstić information content (AvgIpc) is 2.67. The molecule has 150 valence electrons. The standard InChI is InChI=1S/C21H17ClF3N3O/c1-28(2)19-16(11-13(12-26-19)21(23,24)25)14-7-4-6-10-18(14)27-20(29)15-8-3-5-9-17(15)22/h3-12H,1-2H3,(H,27,29). The molecule has 0 fully saturated rings. The van der Waals surface area contributed by atoms with Gasteiger partial charge in [0.15, 0.2) is 0 Å². The zero-order valence-corrected chi connectivity index (χ0v) is 16.3. The van der Waals surface area contributed by atoms with Crippen LogP contribution in [0.2, 0.25) is 5.02 Å². The van der Waals surface area contributed by atoms with E-state index in [-0.39, 0.29) is 16.1 Å². The average molecular weight is 420 g/mol. The van der Waals surface area contributed by atoms with Crippen molar-refractivity contribution in [3.05, 3.63) is 76.9 Å². The van der Waals surface area contributed by atoms with E-state index >= 15 is 0 Å². The molecule has 29 heavy (non-hydrogen) atoms. The van der Waals surface area contributed by atoms with E-state index in [9.17, 15) is 18.0 Å². The lowest BCUT2D eigenvalue weighted by atomic mass is 10.0. The van der Waals surface area contributed by atoms with Crippen molar-refractivity contribution in [1.82, 2.24) is 4.98 Å². The van der Waals surface area contributed by atoms with Crippen molar-refractivity contribution in [1.29, 1.82) is 0 Å². The summed E-state index contributed by atoms with van der Waals surface area (Å²) in [6.45, 7) is 0. The molecule has 0 bridgehead atoms. The second-order valence-electron chi connectivity index (χ2n) is 6.47. The van der Waals surface area contributed by atoms with E-state index in [1.807, 2.05) is 0 Å². The highest BCUT2D eigenvalue weighted by Crippen LogP contribution is 2.38. The molecule has 0 saturated heterocycles. The van der Waals surface area contributed by atoms with E-state index in [2.05, 4.69) is 10.3 Å². The van der Waals surface area contributed by atoms with Gasteiger partial charge < -0.3 is 10.2 Å². The Morgan fingerprint density at radius 3 is 2.34 bits per heavy atom. The Balaban J connectivity index is 2.09. The van der Waals surface area contributed by atoms with E-state index in [1.165, 1.54) is 0 Å². The molecule has 1 heterocycles. The van der Waals surface area contributed by atoms with Gasteiger partial charge in [-0.1, -0.05) is 41.9 Å². The lowest BCUT2D eigenvalue weighted by molar-refractivity contribution is -0.137. The van der Waals surface area contributed by atoms with Crippen LogP contribution >= 0.6 is 11.6 Å². The molecule has 1 aromatic heterocycles. The van der Waals surface area contributed by atoms with Crippen LogP contribution in [0.25, 0.3) is 11.1 Å². The van der Waals surface area contributed by atoms with E-state index < -0.39 is 17.6 Å². The Kier molecular flexibility index (Phi) is 5.79. The number of pyridine rings is 1. The van der Waals surface area contributed by atoms with Gasteiger partial charge >= 0.3 is 6.18 Å². The summed E-state index contributed by atoms with van der Waals surface area (Å²) in [5.74, 6) is -0.119. The summed E-state index contributed by atoms with van der Waals surface area (Å²) in [4.78, 5) is 18.3. The first-order valence-electron chi connectivity index (χ1n) is 8.58. The molecule has 0 aliphatic carbocycles. The number of alkyl halides is 3. The molecule has 0 aliphatic heterocycles. The minimum Gasteiger partial charge on any atom is -0.362 e. The molecule has 1 N–H and O–H groups in total. The van der Waals surface area contributed by atoms with Gasteiger partial charge in [0.2, 0.25) is 0 Å². The lowest BCUT2D eigenvalue weighted by Gasteiger charge is -2.20. The third-order valence-electron chi connectivity index (χ3n) is 4.20. The largest absolute Gasteiger partial charge is 0.417 e. The summed E-state index contributed by atoms with van der Waals surface area (Å²) in [5.41, 5.74) is 0.404. The van der Waals surface area contributed by atoms with Crippen LogP contribution in [-0.4, -0.2) is 25.0 Å². The van der Waals surface area contributed by atoms with Crippen LogP contribution in [0, 0.1) is 0 Å². The lowest BCUT2D eigenvalue weighted by Crippen LogP contribution is -2.16.